The average molecular weight is 329 g/mol. The van der Waals surface area contributed by atoms with Crippen molar-refractivity contribution in [3.05, 3.63) is 90.5 Å². The number of halogens is 1. The summed E-state index contributed by atoms with van der Waals surface area (Å²) < 4.78 is 4.41. The van der Waals surface area contributed by atoms with Crippen LogP contribution in [0.1, 0.15) is 11.1 Å². The van der Waals surface area contributed by atoms with Crippen LogP contribution in [0.25, 0.3) is 0 Å². The first-order valence-corrected chi connectivity index (χ1v) is 6.53. The predicted octanol–water partition coefficient (Wildman–Crippen LogP) is -0.124. The highest BCUT2D eigenvalue weighted by atomic mass is 79.9. The van der Waals surface area contributed by atoms with E-state index in [1.807, 2.05) is 0 Å². The zero-order chi connectivity index (χ0) is 12.9. The Morgan fingerprint density at radius 1 is 0.800 bits per heavy atom. The van der Waals surface area contributed by atoms with Crippen LogP contribution in [0, 0.1) is 0 Å². The van der Waals surface area contributed by atoms with Crippen LogP contribution in [0.2, 0.25) is 0 Å². The average Bonchev–Trinajstić information content (AvgIpc) is 2.88. The maximum Gasteiger partial charge on any atom is 0.244 e. The van der Waals surface area contributed by atoms with E-state index < -0.39 is 0 Å². The predicted molar refractivity (Wildman–Crippen MR) is 75.7 cm³/mol. The van der Waals surface area contributed by atoms with Gasteiger partial charge < -0.3 is 17.0 Å². The van der Waals surface area contributed by atoms with Gasteiger partial charge in [0.15, 0.2) is 0 Å². The van der Waals surface area contributed by atoms with Crippen molar-refractivity contribution in [1.82, 2.24) is 4.57 Å². The van der Waals surface area contributed by atoms with Gasteiger partial charge in [-0.15, -0.1) is 0 Å². The number of hydrogen-bond donors (Lipinski definition) is 0. The number of hydrogen-bond acceptors (Lipinski definition) is 0. The van der Waals surface area contributed by atoms with Crippen LogP contribution in [0.15, 0.2) is 79.4 Å². The van der Waals surface area contributed by atoms with Gasteiger partial charge in [0.1, 0.15) is 25.5 Å². The van der Waals surface area contributed by atoms with Gasteiger partial charge in [-0.1, -0.05) is 60.7 Å². The van der Waals surface area contributed by atoms with E-state index in [1.165, 1.54) is 11.1 Å². The lowest BCUT2D eigenvalue weighted by molar-refractivity contribution is -0.687. The smallest absolute Gasteiger partial charge is 0.244 e. The van der Waals surface area contributed by atoms with Gasteiger partial charge in [-0.25, -0.2) is 9.13 Å². The minimum absolute atomic E-state index is 0. The molecule has 0 radical (unpaired) electrons. The number of nitrogens with zero attached hydrogens (tertiary/aromatic N) is 2. The standard InChI is InChI=1S/C17H17N2.BrH/c1-3-7-16(8-4-1)13-18-11-12-19(15-18)14-17-9-5-2-6-10-17;/h1-12,15H,13-14H2;1H/q+1;/p-1. The molecule has 0 N–H and O–H groups in total. The second-order valence-corrected chi connectivity index (χ2v) is 4.73. The Labute approximate surface area is 130 Å². The Hall–Kier alpha value is -1.87. The number of rotatable bonds is 4. The quantitative estimate of drug-likeness (QED) is 0.590. The molecule has 0 amide bonds. The summed E-state index contributed by atoms with van der Waals surface area (Å²) in [5, 5.41) is 0. The normalized spacial score (nSPS) is 10.0. The summed E-state index contributed by atoms with van der Waals surface area (Å²) >= 11 is 0. The Bertz CT molecular complexity index is 576. The van der Waals surface area contributed by atoms with Crippen molar-refractivity contribution in [2.45, 2.75) is 13.1 Å². The monoisotopic (exact) mass is 328 g/mol. The first-order chi connectivity index (χ1) is 9.40. The highest BCUT2D eigenvalue weighted by Crippen LogP contribution is 2.02. The highest BCUT2D eigenvalue weighted by Gasteiger charge is 2.04. The fourth-order valence-electron chi connectivity index (χ4n) is 2.21. The van der Waals surface area contributed by atoms with E-state index in [-0.39, 0.29) is 17.0 Å². The van der Waals surface area contributed by atoms with E-state index in [2.05, 4.69) is 88.5 Å². The number of imidazole rings is 1. The van der Waals surface area contributed by atoms with Crippen molar-refractivity contribution in [2.75, 3.05) is 0 Å². The first kappa shape index (κ1) is 14.5. The highest BCUT2D eigenvalue weighted by molar-refractivity contribution is 5.15. The Morgan fingerprint density at radius 3 is 2.05 bits per heavy atom. The lowest BCUT2D eigenvalue weighted by atomic mass is 10.2. The maximum atomic E-state index is 2.21. The van der Waals surface area contributed by atoms with Crippen LogP contribution in [0.3, 0.4) is 0 Å². The van der Waals surface area contributed by atoms with Crippen molar-refractivity contribution in [3.8, 4) is 0 Å². The van der Waals surface area contributed by atoms with Gasteiger partial charge in [-0.3, -0.25) is 0 Å². The molecule has 102 valence electrons. The van der Waals surface area contributed by atoms with Gasteiger partial charge >= 0.3 is 0 Å². The van der Waals surface area contributed by atoms with Crippen LogP contribution in [-0.2, 0) is 13.1 Å². The Morgan fingerprint density at radius 2 is 1.40 bits per heavy atom. The van der Waals surface area contributed by atoms with Gasteiger partial charge in [0.2, 0.25) is 6.33 Å². The molecule has 0 atom stereocenters. The van der Waals surface area contributed by atoms with E-state index in [4.69, 9.17) is 0 Å². The summed E-state index contributed by atoms with van der Waals surface area (Å²) in [6.07, 6.45) is 6.39. The Balaban J connectivity index is 0.00000147. The van der Waals surface area contributed by atoms with Crippen molar-refractivity contribution in [1.29, 1.82) is 0 Å². The third-order valence-electron chi connectivity index (χ3n) is 3.16. The van der Waals surface area contributed by atoms with Crippen LogP contribution < -0.4 is 21.5 Å². The van der Waals surface area contributed by atoms with Crippen LogP contribution >= 0.6 is 0 Å². The molecule has 0 bridgehead atoms. The summed E-state index contributed by atoms with van der Waals surface area (Å²) in [5.41, 5.74) is 2.65. The summed E-state index contributed by atoms with van der Waals surface area (Å²) in [6, 6.07) is 21.0. The summed E-state index contributed by atoms with van der Waals surface area (Å²) in [6.45, 7) is 1.84. The molecule has 0 spiro atoms. The van der Waals surface area contributed by atoms with Gasteiger partial charge in [-0.2, -0.15) is 0 Å². The molecule has 2 nitrogen and oxygen atoms in total. The molecule has 20 heavy (non-hydrogen) atoms. The second-order valence-electron chi connectivity index (χ2n) is 4.73. The zero-order valence-electron chi connectivity index (χ0n) is 11.2. The molecule has 0 aliphatic heterocycles. The van der Waals surface area contributed by atoms with Gasteiger partial charge in [0.05, 0.1) is 0 Å². The van der Waals surface area contributed by atoms with Crippen molar-refractivity contribution in [3.63, 3.8) is 0 Å². The van der Waals surface area contributed by atoms with E-state index in [0.29, 0.717) is 0 Å². The molecule has 3 heteroatoms. The minimum Gasteiger partial charge on any atom is -1.00 e. The van der Waals surface area contributed by atoms with Crippen molar-refractivity contribution in [2.24, 2.45) is 0 Å². The molecule has 2 aromatic carbocycles. The largest absolute Gasteiger partial charge is 1.00 e. The third kappa shape index (κ3) is 3.81. The van der Waals surface area contributed by atoms with E-state index >= 15 is 0 Å². The van der Waals surface area contributed by atoms with E-state index in [9.17, 15) is 0 Å². The Kier molecular flexibility index (Phi) is 5.13. The lowest BCUT2D eigenvalue weighted by Crippen LogP contribution is -3.00. The van der Waals surface area contributed by atoms with E-state index in [1.54, 1.807) is 0 Å². The van der Waals surface area contributed by atoms with Crippen LogP contribution in [-0.4, -0.2) is 4.57 Å². The molecule has 0 aliphatic rings. The molecule has 3 rings (SSSR count). The molecule has 0 fully saturated rings. The zero-order valence-corrected chi connectivity index (χ0v) is 12.8. The van der Waals surface area contributed by atoms with Gasteiger partial charge in [-0.05, 0) is 11.1 Å². The first-order valence-electron chi connectivity index (χ1n) is 6.53. The summed E-state index contributed by atoms with van der Waals surface area (Å²) in [4.78, 5) is 0. The van der Waals surface area contributed by atoms with Crippen molar-refractivity contribution >= 4 is 0 Å². The fraction of sp³-hybridized carbons (Fsp3) is 0.118. The summed E-state index contributed by atoms with van der Waals surface area (Å²) in [7, 11) is 0. The van der Waals surface area contributed by atoms with Gasteiger partial charge in [0, 0.05) is 0 Å². The van der Waals surface area contributed by atoms with Crippen LogP contribution in [0.5, 0.6) is 0 Å². The summed E-state index contributed by atoms with van der Waals surface area (Å²) in [5.74, 6) is 0. The lowest BCUT2D eigenvalue weighted by Gasteiger charge is -1.98. The molecular formula is C17H17BrN2. The molecular weight excluding hydrogens is 312 g/mol. The SMILES string of the molecule is [Br-].c1ccc(Cn2cc[n+](Cc3ccccc3)c2)cc1. The molecule has 0 unspecified atom stereocenters. The molecule has 1 aromatic heterocycles. The number of aromatic nitrogens is 2. The third-order valence-corrected chi connectivity index (χ3v) is 3.16. The second kappa shape index (κ2) is 7.06. The van der Waals surface area contributed by atoms with Crippen LogP contribution in [0.4, 0.5) is 0 Å². The van der Waals surface area contributed by atoms with Crippen molar-refractivity contribution < 1.29 is 21.5 Å². The molecule has 3 aromatic rings. The molecule has 0 saturated heterocycles. The van der Waals surface area contributed by atoms with E-state index in [0.717, 1.165) is 13.1 Å². The molecule has 0 saturated carbocycles. The maximum absolute atomic E-state index is 2.21. The molecule has 0 aliphatic carbocycles. The minimum atomic E-state index is 0. The topological polar surface area (TPSA) is 8.81 Å². The fourth-order valence-corrected chi connectivity index (χ4v) is 2.21. The molecule has 1 heterocycles. The van der Waals surface area contributed by atoms with Gasteiger partial charge in [0.25, 0.3) is 0 Å². The number of benzene rings is 2.